The molecule has 2 aromatic heterocycles. The molecule has 3 nitrogen and oxygen atoms in total. The van der Waals surface area contributed by atoms with Crippen molar-refractivity contribution in [1.29, 1.82) is 0 Å². The molecule has 2 heterocycles. The lowest BCUT2D eigenvalue weighted by Gasteiger charge is -1.91. The van der Waals surface area contributed by atoms with Crippen molar-refractivity contribution in [3.05, 3.63) is 28.8 Å². The molecular weight excluding hydrogens is 185 g/mol. The van der Waals surface area contributed by atoms with Crippen LogP contribution in [0.2, 0.25) is 10.2 Å². The van der Waals surface area contributed by atoms with Gasteiger partial charge in [0.15, 0.2) is 5.15 Å². The lowest BCUT2D eigenvalue weighted by atomic mass is 10.5. The van der Waals surface area contributed by atoms with E-state index in [2.05, 4.69) is 10.1 Å². The molecule has 0 aliphatic rings. The summed E-state index contributed by atoms with van der Waals surface area (Å²) in [6.45, 7) is 0. The van der Waals surface area contributed by atoms with Gasteiger partial charge in [-0.3, -0.25) is 0 Å². The summed E-state index contributed by atoms with van der Waals surface area (Å²) < 4.78 is 1.58. The first-order valence-electron chi connectivity index (χ1n) is 2.92. The van der Waals surface area contributed by atoms with Crippen LogP contribution in [0.4, 0.5) is 0 Å². The van der Waals surface area contributed by atoms with E-state index in [1.54, 1.807) is 16.8 Å². The highest BCUT2D eigenvalue weighted by molar-refractivity contribution is 6.34. The number of nitrogens with zero attached hydrogens (tertiary/aromatic N) is 3. The molecule has 0 atom stereocenters. The van der Waals surface area contributed by atoms with Crippen molar-refractivity contribution in [2.24, 2.45) is 0 Å². The Kier molecular flexibility index (Phi) is 1.47. The van der Waals surface area contributed by atoms with Crippen molar-refractivity contribution in [3.63, 3.8) is 0 Å². The minimum atomic E-state index is 0.409. The van der Waals surface area contributed by atoms with Crippen LogP contribution in [0.15, 0.2) is 18.6 Å². The summed E-state index contributed by atoms with van der Waals surface area (Å²) in [5.74, 6) is 0. The predicted octanol–water partition coefficient (Wildman–Crippen LogP) is 2.04. The molecule has 2 aromatic rings. The molecule has 0 amide bonds. The second-order valence-electron chi connectivity index (χ2n) is 2.04. The Hall–Kier alpha value is -0.800. The molecule has 0 aliphatic carbocycles. The Labute approximate surface area is 72.6 Å². The number of aromatic nitrogens is 3. The molecule has 0 bridgehead atoms. The zero-order valence-electron chi connectivity index (χ0n) is 5.33. The van der Waals surface area contributed by atoms with Gasteiger partial charge in [-0.25, -0.2) is 9.50 Å². The molecule has 0 spiro atoms. The van der Waals surface area contributed by atoms with Crippen molar-refractivity contribution < 1.29 is 0 Å². The van der Waals surface area contributed by atoms with E-state index in [9.17, 15) is 0 Å². The molecule has 0 radical (unpaired) electrons. The average Bonchev–Trinajstić information content (AvgIpc) is 2.31. The molecule has 0 N–H and O–H groups in total. The normalized spacial score (nSPS) is 10.7. The number of fused-ring (bicyclic) bond motifs is 1. The van der Waals surface area contributed by atoms with Gasteiger partial charge >= 0.3 is 0 Å². The first kappa shape index (κ1) is 6.88. The summed E-state index contributed by atoms with van der Waals surface area (Å²) in [5, 5.41) is 4.91. The topological polar surface area (TPSA) is 30.2 Å². The standard InChI is InChI=1S/C6H3Cl2N3/c7-4-1-5-6(8)9-3-10-11(5)2-4/h1-3H. The number of hydrogen-bond acceptors (Lipinski definition) is 2. The van der Waals surface area contributed by atoms with Gasteiger partial charge in [-0.2, -0.15) is 5.10 Å². The fourth-order valence-electron chi connectivity index (χ4n) is 0.868. The zero-order valence-corrected chi connectivity index (χ0v) is 6.84. The molecule has 0 aromatic carbocycles. The Morgan fingerprint density at radius 3 is 2.91 bits per heavy atom. The molecule has 56 valence electrons. The lowest BCUT2D eigenvalue weighted by molar-refractivity contribution is 0.903. The van der Waals surface area contributed by atoms with Gasteiger partial charge in [0.2, 0.25) is 0 Å². The van der Waals surface area contributed by atoms with Crippen LogP contribution in [0.5, 0.6) is 0 Å². The molecule has 2 rings (SSSR count). The fraction of sp³-hybridized carbons (Fsp3) is 0. The van der Waals surface area contributed by atoms with Crippen molar-refractivity contribution in [2.75, 3.05) is 0 Å². The minimum absolute atomic E-state index is 0.409. The summed E-state index contributed by atoms with van der Waals surface area (Å²) in [6.07, 6.45) is 3.05. The Bertz CT molecular complexity index is 396. The maximum atomic E-state index is 5.74. The van der Waals surface area contributed by atoms with Gasteiger partial charge in [0.25, 0.3) is 0 Å². The molecule has 11 heavy (non-hydrogen) atoms. The van der Waals surface area contributed by atoms with Crippen LogP contribution in [-0.4, -0.2) is 14.6 Å². The van der Waals surface area contributed by atoms with Crippen LogP contribution in [0.3, 0.4) is 0 Å². The molecule has 0 fully saturated rings. The maximum Gasteiger partial charge on any atom is 0.156 e. The Balaban J connectivity index is 2.90. The number of halogens is 2. The van der Waals surface area contributed by atoms with Crippen LogP contribution in [-0.2, 0) is 0 Å². The van der Waals surface area contributed by atoms with E-state index in [1.807, 2.05) is 0 Å². The molecule has 5 heteroatoms. The molecule has 0 unspecified atom stereocenters. The van der Waals surface area contributed by atoms with Gasteiger partial charge < -0.3 is 0 Å². The maximum absolute atomic E-state index is 5.74. The second kappa shape index (κ2) is 2.36. The number of rotatable bonds is 0. The first-order chi connectivity index (χ1) is 5.27. The Morgan fingerprint density at radius 2 is 2.18 bits per heavy atom. The van der Waals surface area contributed by atoms with E-state index in [4.69, 9.17) is 23.2 Å². The van der Waals surface area contributed by atoms with E-state index >= 15 is 0 Å². The monoisotopic (exact) mass is 187 g/mol. The van der Waals surface area contributed by atoms with Gasteiger partial charge in [-0.05, 0) is 6.07 Å². The van der Waals surface area contributed by atoms with Crippen LogP contribution < -0.4 is 0 Å². The minimum Gasteiger partial charge on any atom is -0.235 e. The van der Waals surface area contributed by atoms with E-state index < -0.39 is 0 Å². The highest BCUT2D eigenvalue weighted by Crippen LogP contribution is 2.18. The molecule has 0 saturated heterocycles. The quantitative estimate of drug-likeness (QED) is 0.633. The van der Waals surface area contributed by atoms with E-state index in [1.165, 1.54) is 6.33 Å². The summed E-state index contributed by atoms with van der Waals surface area (Å²) in [4.78, 5) is 3.80. The van der Waals surface area contributed by atoms with Crippen LogP contribution in [0.25, 0.3) is 5.52 Å². The third-order valence-corrected chi connectivity index (χ3v) is 1.82. The van der Waals surface area contributed by atoms with Gasteiger partial charge in [0, 0.05) is 6.20 Å². The van der Waals surface area contributed by atoms with Crippen LogP contribution in [0.1, 0.15) is 0 Å². The van der Waals surface area contributed by atoms with Gasteiger partial charge in [0.05, 0.1) is 5.02 Å². The fourth-order valence-corrected chi connectivity index (χ4v) is 1.25. The SMILES string of the molecule is Clc1cc2c(Cl)ncnn2c1. The summed E-state index contributed by atoms with van der Waals surface area (Å²) in [5.41, 5.74) is 0.721. The van der Waals surface area contributed by atoms with Crippen LogP contribution in [0, 0.1) is 0 Å². The highest BCUT2D eigenvalue weighted by Gasteiger charge is 2.01. The second-order valence-corrected chi connectivity index (χ2v) is 2.83. The summed E-state index contributed by atoms with van der Waals surface area (Å²) >= 11 is 11.4. The number of hydrogen-bond donors (Lipinski definition) is 0. The average molecular weight is 188 g/mol. The third kappa shape index (κ3) is 1.06. The van der Waals surface area contributed by atoms with Crippen molar-refractivity contribution in [2.45, 2.75) is 0 Å². The van der Waals surface area contributed by atoms with E-state index in [0.29, 0.717) is 10.2 Å². The third-order valence-electron chi connectivity index (χ3n) is 1.33. The molecule has 0 aliphatic heterocycles. The smallest absolute Gasteiger partial charge is 0.156 e. The van der Waals surface area contributed by atoms with Crippen molar-refractivity contribution in [1.82, 2.24) is 14.6 Å². The first-order valence-corrected chi connectivity index (χ1v) is 3.67. The molecular formula is C6H3Cl2N3. The lowest BCUT2D eigenvalue weighted by Crippen LogP contribution is -1.90. The van der Waals surface area contributed by atoms with E-state index in [-0.39, 0.29) is 0 Å². The van der Waals surface area contributed by atoms with Gasteiger partial charge in [0.1, 0.15) is 11.8 Å². The van der Waals surface area contributed by atoms with Gasteiger partial charge in [-0.15, -0.1) is 0 Å². The van der Waals surface area contributed by atoms with Crippen molar-refractivity contribution >= 4 is 28.7 Å². The highest BCUT2D eigenvalue weighted by atomic mass is 35.5. The van der Waals surface area contributed by atoms with Crippen LogP contribution >= 0.6 is 23.2 Å². The zero-order chi connectivity index (χ0) is 7.84. The summed E-state index contributed by atoms with van der Waals surface area (Å²) in [7, 11) is 0. The predicted molar refractivity (Wildman–Crippen MR) is 43.0 cm³/mol. The summed E-state index contributed by atoms with van der Waals surface area (Å²) in [6, 6.07) is 1.71. The largest absolute Gasteiger partial charge is 0.235 e. The van der Waals surface area contributed by atoms with E-state index in [0.717, 1.165) is 5.52 Å². The molecule has 0 saturated carbocycles. The van der Waals surface area contributed by atoms with Crippen molar-refractivity contribution in [3.8, 4) is 0 Å². The Morgan fingerprint density at radius 1 is 1.36 bits per heavy atom. The van der Waals surface area contributed by atoms with Gasteiger partial charge in [-0.1, -0.05) is 23.2 Å².